The summed E-state index contributed by atoms with van der Waals surface area (Å²) in [6.45, 7) is 7.88. The molecule has 0 heterocycles. The molecule has 4 heteroatoms. The maximum absolute atomic E-state index is 13.7. The first-order chi connectivity index (χ1) is 11.9. The average Bonchev–Trinajstić information content (AvgIpc) is 2.59. The van der Waals surface area contributed by atoms with Crippen LogP contribution < -0.4 is 10.6 Å². The van der Waals surface area contributed by atoms with Crippen molar-refractivity contribution in [2.45, 2.75) is 52.2 Å². The van der Waals surface area contributed by atoms with Crippen molar-refractivity contribution in [1.29, 1.82) is 0 Å². The van der Waals surface area contributed by atoms with Gasteiger partial charge < -0.3 is 10.6 Å². The van der Waals surface area contributed by atoms with E-state index in [1.54, 1.807) is 12.1 Å². The van der Waals surface area contributed by atoms with Crippen LogP contribution >= 0.6 is 0 Å². The predicted octanol–water partition coefficient (Wildman–Crippen LogP) is 2.95. The van der Waals surface area contributed by atoms with E-state index in [1.807, 2.05) is 32.2 Å². The quantitative estimate of drug-likeness (QED) is 0.798. The lowest BCUT2D eigenvalue weighted by atomic mass is 9.96. The lowest BCUT2D eigenvalue weighted by Crippen LogP contribution is -2.93. The van der Waals surface area contributed by atoms with Gasteiger partial charge in [-0.3, -0.25) is 4.79 Å². The van der Waals surface area contributed by atoms with Crippen LogP contribution in [0.5, 0.6) is 0 Å². The van der Waals surface area contributed by atoms with Crippen LogP contribution in [0.2, 0.25) is 0 Å². The molecule has 0 saturated carbocycles. The van der Waals surface area contributed by atoms with Crippen LogP contribution in [0.4, 0.5) is 4.39 Å². The molecule has 2 atom stereocenters. The number of rotatable bonds is 7. The number of hydrogen-bond donors (Lipinski definition) is 2. The van der Waals surface area contributed by atoms with Gasteiger partial charge in [0.15, 0.2) is 6.04 Å². The maximum Gasteiger partial charge on any atom is 0.278 e. The zero-order chi connectivity index (χ0) is 18.4. The molecule has 0 aliphatic rings. The molecule has 0 spiro atoms. The van der Waals surface area contributed by atoms with E-state index in [4.69, 9.17) is 0 Å². The average molecular weight is 343 g/mol. The Hall–Kier alpha value is -2.20. The molecular weight excluding hydrogens is 315 g/mol. The highest BCUT2D eigenvalue weighted by molar-refractivity contribution is 5.80. The van der Waals surface area contributed by atoms with Gasteiger partial charge in [0, 0.05) is 17.2 Å². The van der Waals surface area contributed by atoms with Gasteiger partial charge in [0.25, 0.3) is 5.91 Å². The van der Waals surface area contributed by atoms with E-state index in [0.717, 1.165) is 17.5 Å². The largest absolute Gasteiger partial charge is 0.349 e. The molecule has 25 heavy (non-hydrogen) atoms. The Morgan fingerprint density at radius 1 is 1.08 bits per heavy atom. The Kier molecular flexibility index (Phi) is 6.71. The maximum atomic E-state index is 13.7. The Bertz CT molecular complexity index is 697. The van der Waals surface area contributed by atoms with Crippen LogP contribution in [0.1, 0.15) is 50.4 Å². The summed E-state index contributed by atoms with van der Waals surface area (Å²) in [6, 6.07) is 14.6. The van der Waals surface area contributed by atoms with Gasteiger partial charge in [0.05, 0.1) is 0 Å². The van der Waals surface area contributed by atoms with Gasteiger partial charge in [-0.25, -0.2) is 4.39 Å². The van der Waals surface area contributed by atoms with Crippen LogP contribution in [-0.2, 0) is 11.2 Å². The third-order valence-corrected chi connectivity index (χ3v) is 4.28. The second kappa shape index (κ2) is 8.77. The molecule has 2 aromatic rings. The van der Waals surface area contributed by atoms with Gasteiger partial charge in [0.2, 0.25) is 0 Å². The summed E-state index contributed by atoms with van der Waals surface area (Å²) < 4.78 is 13.7. The molecule has 0 saturated heterocycles. The molecule has 0 unspecified atom stereocenters. The smallest absolute Gasteiger partial charge is 0.278 e. The van der Waals surface area contributed by atoms with Crippen molar-refractivity contribution in [3.05, 3.63) is 71.0 Å². The second-order valence-corrected chi connectivity index (χ2v) is 6.77. The Morgan fingerprint density at radius 2 is 1.76 bits per heavy atom. The summed E-state index contributed by atoms with van der Waals surface area (Å²) >= 11 is 0. The van der Waals surface area contributed by atoms with E-state index in [2.05, 4.69) is 36.5 Å². The minimum atomic E-state index is -0.276. The molecule has 0 fully saturated rings. The van der Waals surface area contributed by atoms with Crippen LogP contribution in [0, 0.1) is 5.82 Å². The Balaban J connectivity index is 2.30. The van der Waals surface area contributed by atoms with Crippen molar-refractivity contribution < 1.29 is 14.5 Å². The van der Waals surface area contributed by atoms with Gasteiger partial charge in [-0.2, -0.15) is 0 Å². The minimum Gasteiger partial charge on any atom is -0.349 e. The fourth-order valence-corrected chi connectivity index (χ4v) is 2.87. The summed E-state index contributed by atoms with van der Waals surface area (Å²) in [5, 5.41) is 4.93. The third-order valence-electron chi connectivity index (χ3n) is 4.28. The molecule has 0 aliphatic carbocycles. The van der Waals surface area contributed by atoms with Crippen molar-refractivity contribution in [1.82, 2.24) is 5.32 Å². The summed E-state index contributed by atoms with van der Waals surface area (Å²) in [7, 11) is 0. The van der Waals surface area contributed by atoms with Crippen molar-refractivity contribution in [2.24, 2.45) is 0 Å². The van der Waals surface area contributed by atoms with Crippen LogP contribution in [0.25, 0.3) is 0 Å². The molecule has 0 aromatic heterocycles. The van der Waals surface area contributed by atoms with Crippen molar-refractivity contribution >= 4 is 5.91 Å². The van der Waals surface area contributed by atoms with Gasteiger partial charge in [0.1, 0.15) is 11.9 Å². The fourth-order valence-electron chi connectivity index (χ4n) is 2.87. The SMILES string of the molecule is CCc1ccc([C@H]([NH2+][C@@H](C)C(=O)NC(C)C)c2cccc(F)c2)cc1. The van der Waals surface area contributed by atoms with E-state index in [-0.39, 0.29) is 29.8 Å². The molecule has 0 radical (unpaired) electrons. The van der Waals surface area contributed by atoms with Gasteiger partial charge >= 0.3 is 0 Å². The molecule has 2 rings (SSSR count). The predicted molar refractivity (Wildman–Crippen MR) is 98.7 cm³/mol. The highest BCUT2D eigenvalue weighted by atomic mass is 19.1. The normalized spacial score (nSPS) is 13.5. The standard InChI is InChI=1S/C21H27FN2O/c1-5-16-9-11-17(12-10-16)20(18-7-6-8-19(22)13-18)24-15(4)21(25)23-14(2)3/h6-15,20,24H,5H2,1-4H3,(H,23,25)/p+1/t15-,20-/m0/s1. The zero-order valence-electron chi connectivity index (χ0n) is 15.4. The fraction of sp³-hybridized carbons (Fsp3) is 0.381. The van der Waals surface area contributed by atoms with E-state index in [1.165, 1.54) is 11.6 Å². The molecule has 134 valence electrons. The number of nitrogens with two attached hydrogens (primary N) is 1. The Labute approximate surface area is 149 Å². The first kappa shape index (κ1) is 19.1. The minimum absolute atomic E-state index is 0.0124. The van der Waals surface area contributed by atoms with Gasteiger partial charge in [-0.05, 0) is 44.9 Å². The van der Waals surface area contributed by atoms with E-state index in [0.29, 0.717) is 0 Å². The first-order valence-electron chi connectivity index (χ1n) is 8.90. The number of benzene rings is 2. The highest BCUT2D eigenvalue weighted by Crippen LogP contribution is 2.20. The first-order valence-corrected chi connectivity index (χ1v) is 8.90. The van der Waals surface area contributed by atoms with Crippen molar-refractivity contribution in [3.63, 3.8) is 0 Å². The van der Waals surface area contributed by atoms with Crippen LogP contribution in [0.15, 0.2) is 48.5 Å². The number of carbonyl (C=O) groups is 1. The lowest BCUT2D eigenvalue weighted by Gasteiger charge is -2.21. The van der Waals surface area contributed by atoms with Gasteiger partial charge in [-0.1, -0.05) is 43.3 Å². The third kappa shape index (κ3) is 5.40. The second-order valence-electron chi connectivity index (χ2n) is 6.77. The zero-order valence-corrected chi connectivity index (χ0v) is 15.4. The van der Waals surface area contributed by atoms with E-state index >= 15 is 0 Å². The topological polar surface area (TPSA) is 45.7 Å². The molecule has 1 amide bonds. The molecule has 3 N–H and O–H groups in total. The number of hydrogen-bond acceptors (Lipinski definition) is 1. The van der Waals surface area contributed by atoms with E-state index in [9.17, 15) is 9.18 Å². The van der Waals surface area contributed by atoms with Gasteiger partial charge in [-0.15, -0.1) is 0 Å². The summed E-state index contributed by atoms with van der Waals surface area (Å²) in [6.07, 6.45) is 0.974. The summed E-state index contributed by atoms with van der Waals surface area (Å²) in [4.78, 5) is 12.3. The van der Waals surface area contributed by atoms with Crippen LogP contribution in [0.3, 0.4) is 0 Å². The number of carbonyl (C=O) groups excluding carboxylic acids is 1. The molecule has 2 aromatic carbocycles. The molecular formula is C21H28FN2O+. The monoisotopic (exact) mass is 343 g/mol. The summed E-state index contributed by atoms with van der Waals surface area (Å²) in [5.41, 5.74) is 3.17. The molecule has 3 nitrogen and oxygen atoms in total. The number of halogens is 1. The molecule has 0 bridgehead atoms. The van der Waals surface area contributed by atoms with E-state index < -0.39 is 0 Å². The number of aryl methyl sites for hydroxylation is 1. The summed E-state index contributed by atoms with van der Waals surface area (Å²) in [5.74, 6) is -0.276. The highest BCUT2D eigenvalue weighted by Gasteiger charge is 2.25. The number of amides is 1. The molecule has 0 aliphatic heterocycles. The van der Waals surface area contributed by atoms with Crippen molar-refractivity contribution in [3.8, 4) is 0 Å². The lowest BCUT2D eigenvalue weighted by molar-refractivity contribution is -0.704. The van der Waals surface area contributed by atoms with Crippen molar-refractivity contribution in [2.75, 3.05) is 0 Å². The Morgan fingerprint density at radius 3 is 2.32 bits per heavy atom. The number of quaternary nitrogens is 1. The number of nitrogens with one attached hydrogen (secondary N) is 1. The van der Waals surface area contributed by atoms with Crippen LogP contribution in [-0.4, -0.2) is 18.0 Å².